The number of carbonyl (C=O) groups is 2. The van der Waals surface area contributed by atoms with Crippen molar-refractivity contribution in [2.45, 2.75) is 76.0 Å². The molecule has 2 atom stereocenters. The average Bonchev–Trinajstić information content (AvgIpc) is 2.75. The second-order valence-electron chi connectivity index (χ2n) is 8.37. The van der Waals surface area contributed by atoms with E-state index >= 15 is 0 Å². The van der Waals surface area contributed by atoms with E-state index in [4.69, 9.17) is 5.73 Å². The SMILES string of the molecule is C[C@@H]1CCCC[C@@H]1NC(=O)CSc1nc2ccccc2c(=O)n1CCCCCC(N)=O. The van der Waals surface area contributed by atoms with Crippen LogP contribution >= 0.6 is 11.8 Å². The first-order chi connectivity index (χ1) is 15.0. The number of aromatic nitrogens is 2. The monoisotopic (exact) mass is 444 g/mol. The van der Waals surface area contributed by atoms with Crippen molar-refractivity contribution in [3.8, 4) is 0 Å². The highest BCUT2D eigenvalue weighted by Gasteiger charge is 2.23. The Bertz CT molecular complexity index is 975. The minimum atomic E-state index is -0.306. The molecule has 2 amide bonds. The van der Waals surface area contributed by atoms with Crippen molar-refractivity contribution >= 4 is 34.5 Å². The first kappa shape index (κ1) is 23.3. The van der Waals surface area contributed by atoms with Gasteiger partial charge in [0, 0.05) is 19.0 Å². The van der Waals surface area contributed by atoms with Crippen LogP contribution in [0.25, 0.3) is 10.9 Å². The van der Waals surface area contributed by atoms with Gasteiger partial charge in [0.15, 0.2) is 5.16 Å². The first-order valence-corrected chi connectivity index (χ1v) is 12.1. The van der Waals surface area contributed by atoms with Crippen molar-refractivity contribution < 1.29 is 9.59 Å². The predicted molar refractivity (Wildman–Crippen MR) is 124 cm³/mol. The molecule has 1 saturated carbocycles. The summed E-state index contributed by atoms with van der Waals surface area (Å²) in [7, 11) is 0. The third-order valence-corrected chi connectivity index (χ3v) is 6.90. The highest BCUT2D eigenvalue weighted by atomic mass is 32.2. The largest absolute Gasteiger partial charge is 0.370 e. The van der Waals surface area contributed by atoms with Crippen LogP contribution < -0.4 is 16.6 Å². The fourth-order valence-corrected chi connectivity index (χ4v) is 4.95. The Morgan fingerprint density at radius 2 is 1.97 bits per heavy atom. The zero-order valence-electron chi connectivity index (χ0n) is 18.1. The van der Waals surface area contributed by atoms with E-state index in [0.29, 0.717) is 41.4 Å². The Balaban J connectivity index is 1.69. The Labute approximate surface area is 187 Å². The summed E-state index contributed by atoms with van der Waals surface area (Å²) in [6, 6.07) is 7.52. The number of nitrogens with zero attached hydrogens (tertiary/aromatic N) is 2. The van der Waals surface area contributed by atoms with Gasteiger partial charge in [-0.3, -0.25) is 19.0 Å². The van der Waals surface area contributed by atoms with E-state index in [9.17, 15) is 14.4 Å². The third-order valence-electron chi connectivity index (χ3n) is 5.92. The summed E-state index contributed by atoms with van der Waals surface area (Å²) < 4.78 is 1.66. The minimum Gasteiger partial charge on any atom is -0.370 e. The molecule has 0 bridgehead atoms. The molecule has 31 heavy (non-hydrogen) atoms. The van der Waals surface area contributed by atoms with Gasteiger partial charge in [-0.25, -0.2) is 4.98 Å². The van der Waals surface area contributed by atoms with Gasteiger partial charge in [0.1, 0.15) is 0 Å². The fraction of sp³-hybridized carbons (Fsp3) is 0.565. The van der Waals surface area contributed by atoms with E-state index in [-0.39, 0.29) is 29.2 Å². The number of carbonyl (C=O) groups excluding carboxylic acids is 2. The molecular formula is C23H32N4O3S. The summed E-state index contributed by atoms with van der Waals surface area (Å²) >= 11 is 1.31. The molecule has 0 radical (unpaired) electrons. The minimum absolute atomic E-state index is 0.0147. The van der Waals surface area contributed by atoms with E-state index in [2.05, 4.69) is 17.2 Å². The van der Waals surface area contributed by atoms with Crippen molar-refractivity contribution in [2.75, 3.05) is 5.75 Å². The van der Waals surface area contributed by atoms with Crippen molar-refractivity contribution in [1.29, 1.82) is 0 Å². The molecule has 8 heteroatoms. The first-order valence-electron chi connectivity index (χ1n) is 11.2. The molecule has 1 fully saturated rings. The van der Waals surface area contributed by atoms with Crippen molar-refractivity contribution in [2.24, 2.45) is 11.7 Å². The molecule has 0 unspecified atom stereocenters. The van der Waals surface area contributed by atoms with E-state index in [0.717, 1.165) is 32.1 Å². The number of fused-ring (bicyclic) bond motifs is 1. The quantitative estimate of drug-likeness (QED) is 0.332. The Kier molecular flexibility index (Phi) is 8.51. The van der Waals surface area contributed by atoms with Gasteiger partial charge in [0.2, 0.25) is 11.8 Å². The van der Waals surface area contributed by atoms with E-state index < -0.39 is 0 Å². The lowest BCUT2D eigenvalue weighted by Gasteiger charge is -2.29. The lowest BCUT2D eigenvalue weighted by molar-refractivity contribution is -0.120. The summed E-state index contributed by atoms with van der Waals surface area (Å²) in [6.07, 6.45) is 7.17. The van der Waals surface area contributed by atoms with Crippen LogP contribution in [-0.2, 0) is 16.1 Å². The normalized spacial score (nSPS) is 18.7. The number of thioether (sulfide) groups is 1. The van der Waals surface area contributed by atoms with E-state index in [1.807, 2.05) is 18.2 Å². The molecule has 1 heterocycles. The second-order valence-corrected chi connectivity index (χ2v) is 9.31. The highest BCUT2D eigenvalue weighted by Crippen LogP contribution is 2.24. The number of primary amides is 1. The summed E-state index contributed by atoms with van der Waals surface area (Å²) in [5.41, 5.74) is 5.74. The number of nitrogens with two attached hydrogens (primary N) is 1. The second kappa shape index (κ2) is 11.3. The van der Waals surface area contributed by atoms with Crippen LogP contribution in [0.2, 0.25) is 0 Å². The molecular weight excluding hydrogens is 412 g/mol. The molecule has 1 aromatic carbocycles. The molecule has 0 saturated heterocycles. The molecule has 1 aliphatic rings. The van der Waals surface area contributed by atoms with Gasteiger partial charge in [0.05, 0.1) is 16.7 Å². The van der Waals surface area contributed by atoms with Crippen LogP contribution in [0, 0.1) is 5.92 Å². The number of rotatable bonds is 10. The number of unbranched alkanes of at least 4 members (excludes halogenated alkanes) is 2. The van der Waals surface area contributed by atoms with Crippen LogP contribution in [0.1, 0.15) is 58.3 Å². The molecule has 3 N–H and O–H groups in total. The number of amides is 2. The topological polar surface area (TPSA) is 107 Å². The smallest absolute Gasteiger partial charge is 0.262 e. The molecule has 3 rings (SSSR count). The van der Waals surface area contributed by atoms with Gasteiger partial charge in [0.25, 0.3) is 5.56 Å². The molecule has 168 valence electrons. The Hall–Kier alpha value is -2.35. The zero-order valence-corrected chi connectivity index (χ0v) is 19.0. The number of nitrogens with one attached hydrogen (secondary N) is 1. The van der Waals surface area contributed by atoms with Gasteiger partial charge >= 0.3 is 0 Å². The standard InChI is InChI=1S/C23H32N4O3S/c1-16-9-4-6-11-18(16)25-21(29)15-31-23-26-19-12-7-5-10-17(19)22(30)27(23)14-8-2-3-13-20(24)28/h5,7,10,12,16,18H,2-4,6,8-9,11,13-15H2,1H3,(H2,24,28)(H,25,29)/t16-,18+/m1/s1. The van der Waals surface area contributed by atoms with E-state index in [1.54, 1.807) is 10.6 Å². The molecule has 2 aromatic rings. The summed E-state index contributed by atoms with van der Waals surface area (Å²) in [5, 5.41) is 4.30. The Morgan fingerprint density at radius 3 is 2.74 bits per heavy atom. The maximum atomic E-state index is 13.1. The molecule has 1 aromatic heterocycles. The van der Waals surface area contributed by atoms with Crippen LogP contribution in [0.15, 0.2) is 34.2 Å². The number of hydrogen-bond acceptors (Lipinski definition) is 5. The fourth-order valence-electron chi connectivity index (χ4n) is 4.11. The van der Waals surface area contributed by atoms with Crippen LogP contribution in [0.4, 0.5) is 0 Å². The lowest BCUT2D eigenvalue weighted by Crippen LogP contribution is -2.42. The summed E-state index contributed by atoms with van der Waals surface area (Å²) in [4.78, 5) is 41.2. The average molecular weight is 445 g/mol. The predicted octanol–water partition coefficient (Wildman–Crippen LogP) is 3.23. The maximum Gasteiger partial charge on any atom is 0.262 e. The lowest BCUT2D eigenvalue weighted by atomic mass is 9.86. The maximum absolute atomic E-state index is 13.1. The summed E-state index contributed by atoms with van der Waals surface area (Å²) in [5.74, 6) is 0.411. The van der Waals surface area contributed by atoms with Gasteiger partial charge in [-0.15, -0.1) is 0 Å². The Morgan fingerprint density at radius 1 is 1.19 bits per heavy atom. The molecule has 0 spiro atoms. The van der Waals surface area contributed by atoms with Crippen molar-refractivity contribution in [1.82, 2.24) is 14.9 Å². The van der Waals surface area contributed by atoms with Gasteiger partial charge < -0.3 is 11.1 Å². The molecule has 7 nitrogen and oxygen atoms in total. The number of para-hydroxylation sites is 1. The van der Waals surface area contributed by atoms with Crippen LogP contribution in [0.5, 0.6) is 0 Å². The van der Waals surface area contributed by atoms with Crippen LogP contribution in [-0.4, -0.2) is 33.2 Å². The van der Waals surface area contributed by atoms with Crippen molar-refractivity contribution in [3.63, 3.8) is 0 Å². The zero-order chi connectivity index (χ0) is 22.2. The third kappa shape index (κ3) is 6.56. The van der Waals surface area contributed by atoms with Crippen LogP contribution in [0.3, 0.4) is 0 Å². The number of benzene rings is 1. The summed E-state index contributed by atoms with van der Waals surface area (Å²) in [6.45, 7) is 2.69. The van der Waals surface area contributed by atoms with Gasteiger partial charge in [-0.2, -0.15) is 0 Å². The van der Waals surface area contributed by atoms with Gasteiger partial charge in [-0.05, 0) is 43.7 Å². The van der Waals surface area contributed by atoms with E-state index in [1.165, 1.54) is 18.2 Å². The van der Waals surface area contributed by atoms with Gasteiger partial charge in [-0.1, -0.05) is 50.1 Å². The molecule has 0 aliphatic heterocycles. The number of hydrogen-bond donors (Lipinski definition) is 2. The van der Waals surface area contributed by atoms with Crippen molar-refractivity contribution in [3.05, 3.63) is 34.6 Å². The molecule has 1 aliphatic carbocycles. The highest BCUT2D eigenvalue weighted by molar-refractivity contribution is 7.99.